The van der Waals surface area contributed by atoms with Crippen LogP contribution in [0, 0.1) is 6.92 Å². The molecule has 0 spiro atoms. The number of hydrogen-bond donors (Lipinski definition) is 1. The highest BCUT2D eigenvalue weighted by Crippen LogP contribution is 2.26. The van der Waals surface area contributed by atoms with E-state index >= 15 is 0 Å². The summed E-state index contributed by atoms with van der Waals surface area (Å²) < 4.78 is 6.64. The van der Waals surface area contributed by atoms with E-state index in [1.165, 1.54) is 4.57 Å². The fourth-order valence-corrected chi connectivity index (χ4v) is 3.42. The Morgan fingerprint density at radius 3 is 2.50 bits per heavy atom. The predicted molar refractivity (Wildman–Crippen MR) is 114 cm³/mol. The smallest absolute Gasteiger partial charge is 0.286 e. The number of nitrogens with zero attached hydrogens (tertiary/aromatic N) is 4. The molecule has 30 heavy (non-hydrogen) atoms. The number of carbonyl (C=O) groups excluding carboxylic acids is 1. The Hall–Kier alpha value is -3.68. The lowest BCUT2D eigenvalue weighted by Crippen LogP contribution is -2.35. The highest BCUT2D eigenvalue weighted by molar-refractivity contribution is 5.91. The molecule has 1 amide bonds. The molecule has 0 unspecified atom stereocenters. The molecule has 0 atom stereocenters. The van der Waals surface area contributed by atoms with Gasteiger partial charge in [-0.1, -0.05) is 29.8 Å². The van der Waals surface area contributed by atoms with E-state index in [9.17, 15) is 9.59 Å². The van der Waals surface area contributed by atoms with Crippen molar-refractivity contribution in [2.45, 2.75) is 19.9 Å². The molecule has 0 bridgehead atoms. The second kappa shape index (κ2) is 8.36. The van der Waals surface area contributed by atoms with Gasteiger partial charge in [0, 0.05) is 25.3 Å². The van der Waals surface area contributed by atoms with Crippen LogP contribution in [0.1, 0.15) is 21.6 Å². The van der Waals surface area contributed by atoms with Gasteiger partial charge < -0.3 is 15.0 Å². The van der Waals surface area contributed by atoms with Crippen molar-refractivity contribution in [1.29, 1.82) is 0 Å². The molecule has 1 N–H and O–H groups in total. The van der Waals surface area contributed by atoms with Crippen molar-refractivity contribution in [3.05, 3.63) is 75.7 Å². The van der Waals surface area contributed by atoms with E-state index < -0.39 is 11.5 Å². The molecule has 0 fully saturated rings. The maximum Gasteiger partial charge on any atom is 0.286 e. The first-order chi connectivity index (χ1) is 14.6. The lowest BCUT2D eigenvalue weighted by atomic mass is 10.1. The van der Waals surface area contributed by atoms with Crippen LogP contribution >= 0.6 is 0 Å². The number of fused-ring (bicyclic) bond motifs is 1. The maximum atomic E-state index is 12.8. The molecular formula is C22H23N5O3. The Kier molecular flexibility index (Phi) is 5.47. The van der Waals surface area contributed by atoms with Crippen LogP contribution in [0.2, 0.25) is 0 Å². The van der Waals surface area contributed by atoms with Crippen molar-refractivity contribution in [1.82, 2.24) is 20.1 Å². The second-order valence-electron chi connectivity index (χ2n) is 7.15. The van der Waals surface area contributed by atoms with Gasteiger partial charge in [-0.3, -0.25) is 14.2 Å². The van der Waals surface area contributed by atoms with Crippen molar-refractivity contribution < 1.29 is 9.53 Å². The zero-order valence-electron chi connectivity index (χ0n) is 17.0. The Morgan fingerprint density at radius 1 is 1.07 bits per heavy atom. The first-order valence-corrected chi connectivity index (χ1v) is 9.79. The van der Waals surface area contributed by atoms with Crippen LogP contribution < -0.4 is 20.5 Å². The van der Waals surface area contributed by atoms with Crippen LogP contribution in [0.5, 0.6) is 5.75 Å². The maximum absolute atomic E-state index is 12.8. The molecule has 0 saturated heterocycles. The van der Waals surface area contributed by atoms with Crippen molar-refractivity contribution in [3.63, 3.8) is 0 Å². The number of methoxy groups -OCH3 is 1. The summed E-state index contributed by atoms with van der Waals surface area (Å²) >= 11 is 0. The summed E-state index contributed by atoms with van der Waals surface area (Å²) in [5.41, 5.74) is 2.55. The molecule has 0 saturated carbocycles. The molecule has 2 heterocycles. The molecule has 1 aromatic heterocycles. The number of hydrogen-bond acceptors (Lipinski definition) is 6. The number of ether oxygens (including phenoxy) is 1. The lowest BCUT2D eigenvalue weighted by Gasteiger charge is -2.16. The van der Waals surface area contributed by atoms with Gasteiger partial charge in [-0.25, -0.2) is 0 Å². The summed E-state index contributed by atoms with van der Waals surface area (Å²) in [6.45, 7) is 3.48. The third-order valence-electron chi connectivity index (χ3n) is 5.14. The first kappa shape index (κ1) is 19.6. The lowest BCUT2D eigenvalue weighted by molar-refractivity contribution is 0.0945. The topological polar surface area (TPSA) is 89.3 Å². The van der Waals surface area contributed by atoms with Gasteiger partial charge in [0.15, 0.2) is 0 Å². The predicted octanol–water partition coefficient (Wildman–Crippen LogP) is 2.08. The monoisotopic (exact) mass is 405 g/mol. The van der Waals surface area contributed by atoms with Crippen molar-refractivity contribution in [2.24, 2.45) is 0 Å². The van der Waals surface area contributed by atoms with Gasteiger partial charge in [-0.05, 0) is 43.2 Å². The average Bonchev–Trinajstić information content (AvgIpc) is 3.20. The normalized spacial score (nSPS) is 12.5. The number of anilines is 2. The molecule has 8 heteroatoms. The molecule has 4 rings (SSSR count). The standard InChI is InChI=1S/C22H23N5O3/c1-15-3-7-17(8-4-15)26-13-14-27-21(29)19(24-25-22(26)27)20(28)23-12-11-16-5-9-18(30-2)10-6-16/h3-10H,11-14H2,1-2H3,(H,23,28). The van der Waals surface area contributed by atoms with Gasteiger partial charge in [-0.15, -0.1) is 10.2 Å². The fourth-order valence-electron chi connectivity index (χ4n) is 3.42. The fraction of sp³-hybridized carbons (Fsp3) is 0.273. The number of nitrogens with one attached hydrogen (secondary N) is 1. The largest absolute Gasteiger partial charge is 0.497 e. The van der Waals surface area contributed by atoms with Crippen molar-refractivity contribution in [3.8, 4) is 5.75 Å². The molecule has 3 aromatic rings. The van der Waals surface area contributed by atoms with E-state index in [-0.39, 0.29) is 5.69 Å². The minimum Gasteiger partial charge on any atom is -0.497 e. The summed E-state index contributed by atoms with van der Waals surface area (Å²) in [7, 11) is 1.62. The minimum atomic E-state index is -0.509. The Bertz CT molecular complexity index is 1110. The summed E-state index contributed by atoms with van der Waals surface area (Å²) in [6, 6.07) is 15.6. The first-order valence-electron chi connectivity index (χ1n) is 9.79. The molecule has 1 aliphatic rings. The van der Waals surface area contributed by atoms with Gasteiger partial charge >= 0.3 is 0 Å². The summed E-state index contributed by atoms with van der Waals surface area (Å²) in [4.78, 5) is 27.2. The number of aromatic nitrogens is 3. The Morgan fingerprint density at radius 2 is 1.80 bits per heavy atom. The van der Waals surface area contributed by atoms with Gasteiger partial charge in [0.05, 0.1) is 7.11 Å². The van der Waals surface area contributed by atoms with Crippen LogP contribution in [-0.4, -0.2) is 40.9 Å². The number of amides is 1. The van der Waals surface area contributed by atoms with E-state index in [2.05, 4.69) is 15.5 Å². The van der Waals surface area contributed by atoms with E-state index in [1.54, 1.807) is 7.11 Å². The molecule has 0 radical (unpaired) electrons. The SMILES string of the molecule is COc1ccc(CCNC(=O)c2nnc3n(c2=O)CCN3c2ccc(C)cc2)cc1. The molecule has 8 nitrogen and oxygen atoms in total. The Balaban J connectivity index is 1.44. The van der Waals surface area contributed by atoms with Crippen LogP contribution in [0.3, 0.4) is 0 Å². The number of carbonyl (C=O) groups is 1. The third-order valence-corrected chi connectivity index (χ3v) is 5.14. The van der Waals surface area contributed by atoms with Crippen LogP contribution in [0.25, 0.3) is 0 Å². The van der Waals surface area contributed by atoms with Gasteiger partial charge in [-0.2, -0.15) is 0 Å². The van der Waals surface area contributed by atoms with Crippen molar-refractivity contribution in [2.75, 3.05) is 25.1 Å². The summed E-state index contributed by atoms with van der Waals surface area (Å²) in [5.74, 6) is 0.729. The molecular weight excluding hydrogens is 382 g/mol. The third kappa shape index (κ3) is 3.89. The molecule has 1 aliphatic heterocycles. The molecule has 0 aliphatic carbocycles. The number of aryl methyl sites for hydroxylation is 1. The summed E-state index contributed by atoms with van der Waals surface area (Å²) in [6.07, 6.45) is 0.636. The van der Waals surface area contributed by atoms with Crippen LogP contribution in [-0.2, 0) is 13.0 Å². The van der Waals surface area contributed by atoms with Crippen molar-refractivity contribution >= 4 is 17.5 Å². The number of benzene rings is 2. The molecule has 154 valence electrons. The zero-order chi connectivity index (χ0) is 21.1. The summed E-state index contributed by atoms with van der Waals surface area (Å²) in [5, 5.41) is 10.9. The van der Waals surface area contributed by atoms with E-state index in [0.717, 1.165) is 22.6 Å². The number of rotatable bonds is 6. The zero-order valence-corrected chi connectivity index (χ0v) is 17.0. The van der Waals surface area contributed by atoms with Crippen LogP contribution in [0.15, 0.2) is 53.3 Å². The highest BCUT2D eigenvalue weighted by Gasteiger charge is 2.27. The second-order valence-corrected chi connectivity index (χ2v) is 7.15. The van der Waals surface area contributed by atoms with E-state index in [4.69, 9.17) is 4.74 Å². The quantitative estimate of drug-likeness (QED) is 0.675. The Labute approximate surface area is 174 Å². The van der Waals surface area contributed by atoms with Gasteiger partial charge in [0.25, 0.3) is 11.5 Å². The van der Waals surface area contributed by atoms with E-state index in [1.807, 2.05) is 60.4 Å². The van der Waals surface area contributed by atoms with E-state index in [0.29, 0.717) is 32.0 Å². The van der Waals surface area contributed by atoms with Gasteiger partial charge in [0.2, 0.25) is 11.6 Å². The average molecular weight is 405 g/mol. The van der Waals surface area contributed by atoms with Gasteiger partial charge in [0.1, 0.15) is 5.75 Å². The highest BCUT2D eigenvalue weighted by atomic mass is 16.5. The minimum absolute atomic E-state index is 0.181. The van der Waals surface area contributed by atoms with Crippen LogP contribution in [0.4, 0.5) is 11.6 Å². The molecule has 2 aromatic carbocycles.